The van der Waals surface area contributed by atoms with E-state index in [2.05, 4.69) is 26.1 Å². The van der Waals surface area contributed by atoms with Gasteiger partial charge >= 0.3 is 6.09 Å². The van der Waals surface area contributed by atoms with Crippen molar-refractivity contribution in [1.82, 2.24) is 20.0 Å². The summed E-state index contributed by atoms with van der Waals surface area (Å²) < 4.78 is 5.43. The first-order chi connectivity index (χ1) is 20.4. The highest BCUT2D eigenvalue weighted by Crippen LogP contribution is 2.29. The van der Waals surface area contributed by atoms with Gasteiger partial charge in [-0.25, -0.2) is 4.79 Å². The first-order valence-corrected chi connectivity index (χ1v) is 14.0. The number of aromatic amines is 1. The van der Waals surface area contributed by atoms with Gasteiger partial charge in [-0.1, -0.05) is 12.1 Å². The monoisotopic (exact) mass is 589 g/mol. The first-order valence-electron chi connectivity index (χ1n) is 14.0. The Bertz CT molecular complexity index is 1730. The number of hydrogen-bond donors (Lipinski definition) is 5. The lowest BCUT2D eigenvalue weighted by molar-refractivity contribution is -0.117. The van der Waals surface area contributed by atoms with E-state index in [1.165, 1.54) is 0 Å². The van der Waals surface area contributed by atoms with E-state index in [0.717, 1.165) is 5.56 Å². The van der Waals surface area contributed by atoms with E-state index in [1.54, 1.807) is 41.3 Å². The van der Waals surface area contributed by atoms with Crippen molar-refractivity contribution in [3.8, 4) is 5.75 Å². The molecule has 1 atom stereocenters. The maximum Gasteiger partial charge on any atom is 0.410 e. The van der Waals surface area contributed by atoms with E-state index >= 15 is 0 Å². The number of H-pyrrole nitrogens is 1. The van der Waals surface area contributed by atoms with E-state index in [4.69, 9.17) is 4.74 Å². The van der Waals surface area contributed by atoms with Crippen LogP contribution in [0.1, 0.15) is 39.3 Å². The molecule has 2 heterocycles. The summed E-state index contributed by atoms with van der Waals surface area (Å²) in [5, 5.41) is 26.4. The summed E-state index contributed by atoms with van der Waals surface area (Å²) in [6, 6.07) is 11.5. The fraction of sp³-hybridized carbons (Fsp3) is 0.367. The van der Waals surface area contributed by atoms with Crippen molar-refractivity contribution in [2.45, 2.75) is 39.3 Å². The van der Waals surface area contributed by atoms with E-state index in [1.807, 2.05) is 38.7 Å². The quantitative estimate of drug-likeness (QED) is 0.192. The Balaban J connectivity index is 1.21. The number of phenolic OH excluding ortho intramolecular Hbond substituents is 1. The van der Waals surface area contributed by atoms with Gasteiger partial charge in [0.05, 0.1) is 12.1 Å². The van der Waals surface area contributed by atoms with Crippen LogP contribution in [0.15, 0.2) is 52.1 Å². The van der Waals surface area contributed by atoms with Gasteiger partial charge in [-0.05, 0) is 63.6 Å². The molecular weight excluding hydrogens is 554 g/mol. The molecule has 2 amide bonds. The van der Waals surface area contributed by atoms with Gasteiger partial charge in [-0.15, -0.1) is 0 Å². The van der Waals surface area contributed by atoms with Gasteiger partial charge in [-0.2, -0.15) is 5.10 Å². The number of carbonyl (C=O) groups excluding carboxylic acids is 2. The molecule has 1 aromatic heterocycles. The highest BCUT2D eigenvalue weighted by molar-refractivity contribution is 6.01. The van der Waals surface area contributed by atoms with Crippen LogP contribution in [0.5, 0.6) is 5.75 Å². The maximum atomic E-state index is 12.9. The molecule has 0 spiro atoms. The van der Waals surface area contributed by atoms with Crippen LogP contribution in [-0.2, 0) is 9.53 Å². The molecule has 5 rings (SSSR count). The smallest absolute Gasteiger partial charge is 0.410 e. The van der Waals surface area contributed by atoms with Crippen molar-refractivity contribution in [2.24, 2.45) is 0 Å². The summed E-state index contributed by atoms with van der Waals surface area (Å²) in [5.74, 6) is 0.177. The predicted molar refractivity (Wildman–Crippen MR) is 164 cm³/mol. The number of aromatic nitrogens is 2. The summed E-state index contributed by atoms with van der Waals surface area (Å²) >= 11 is 0. The van der Waals surface area contributed by atoms with Crippen molar-refractivity contribution in [3.63, 3.8) is 0 Å². The summed E-state index contributed by atoms with van der Waals surface area (Å²) in [4.78, 5) is 53.5. The minimum absolute atomic E-state index is 0.103. The average molecular weight is 590 g/mol. The normalized spacial score (nSPS) is 14.9. The van der Waals surface area contributed by atoms with Crippen molar-refractivity contribution in [1.29, 1.82) is 0 Å². The van der Waals surface area contributed by atoms with Crippen LogP contribution in [0.2, 0.25) is 0 Å². The van der Waals surface area contributed by atoms with Crippen LogP contribution in [-0.4, -0.2) is 75.4 Å². The number of amides is 2. The van der Waals surface area contributed by atoms with Gasteiger partial charge in [0.15, 0.2) is 5.82 Å². The van der Waals surface area contributed by atoms with Gasteiger partial charge < -0.3 is 30.7 Å². The number of aromatic hydroxyl groups is 1. The van der Waals surface area contributed by atoms with Crippen LogP contribution >= 0.6 is 0 Å². The Hall–Kier alpha value is -4.91. The van der Waals surface area contributed by atoms with Crippen LogP contribution in [0, 0.1) is 0 Å². The van der Waals surface area contributed by atoms with Crippen LogP contribution < -0.4 is 26.8 Å². The SMILES string of the molecule is C[C@@H](Nc1c(Nc2ccc3[nH]nc(NC(=O)CN4CCN(C(=O)OC(C)(C)C)CC4)c3c2)c(=O)c1=O)c1cccc(O)c1. The van der Waals surface area contributed by atoms with Gasteiger partial charge in [-0.3, -0.25) is 24.4 Å². The number of phenols is 1. The molecule has 1 fully saturated rings. The molecule has 1 aliphatic heterocycles. The fourth-order valence-electron chi connectivity index (χ4n) is 4.86. The number of rotatable bonds is 8. The lowest BCUT2D eigenvalue weighted by atomic mass is 10.1. The number of anilines is 4. The number of hydrogen-bond acceptors (Lipinski definition) is 10. The van der Waals surface area contributed by atoms with Gasteiger partial charge in [0, 0.05) is 43.3 Å². The molecule has 0 bridgehead atoms. The molecule has 13 heteroatoms. The summed E-state index contributed by atoms with van der Waals surface area (Å²) in [5.41, 5.74) is 0.421. The Morgan fingerprint density at radius 2 is 1.77 bits per heavy atom. The minimum Gasteiger partial charge on any atom is -0.508 e. The van der Waals surface area contributed by atoms with Gasteiger partial charge in [0.2, 0.25) is 5.91 Å². The minimum atomic E-state index is -0.641. The number of ether oxygens (including phenoxy) is 1. The Morgan fingerprint density at radius 3 is 2.47 bits per heavy atom. The standard InChI is InChI=1S/C30H35N7O6/c1-17(18-6-5-7-20(38)14-18)31-24-25(27(41)26(24)40)32-19-8-9-22-21(15-19)28(35-34-22)33-23(39)16-36-10-12-37(13-11-36)29(42)43-30(2,3)4/h5-9,14-15,17,31-32,38H,10-13,16H2,1-4H3,(H2,33,34,35,39)/t17-/m1/s1. The van der Waals surface area contributed by atoms with Crippen molar-refractivity contribution >= 4 is 45.8 Å². The highest BCUT2D eigenvalue weighted by atomic mass is 16.6. The van der Waals surface area contributed by atoms with Crippen LogP contribution in [0.25, 0.3) is 10.9 Å². The molecule has 43 heavy (non-hydrogen) atoms. The molecule has 13 nitrogen and oxygen atoms in total. The molecule has 1 aliphatic rings. The van der Waals surface area contributed by atoms with Crippen LogP contribution in [0.3, 0.4) is 0 Å². The third-order valence-corrected chi connectivity index (χ3v) is 7.12. The Morgan fingerprint density at radius 1 is 1.05 bits per heavy atom. The molecule has 4 aromatic rings. The van der Waals surface area contributed by atoms with E-state index in [-0.39, 0.29) is 41.7 Å². The van der Waals surface area contributed by atoms with E-state index < -0.39 is 16.5 Å². The van der Waals surface area contributed by atoms with Crippen molar-refractivity contribution in [3.05, 3.63) is 68.5 Å². The van der Waals surface area contributed by atoms with Crippen molar-refractivity contribution in [2.75, 3.05) is 48.7 Å². The number of piperazine rings is 1. The summed E-state index contributed by atoms with van der Waals surface area (Å²) in [6.45, 7) is 9.41. The third kappa shape index (κ3) is 6.78. The molecule has 226 valence electrons. The van der Waals surface area contributed by atoms with Crippen LogP contribution in [0.4, 0.5) is 27.7 Å². The molecule has 3 aromatic carbocycles. The topological polar surface area (TPSA) is 169 Å². The summed E-state index contributed by atoms with van der Waals surface area (Å²) in [7, 11) is 0. The molecule has 0 aliphatic carbocycles. The second-order valence-corrected chi connectivity index (χ2v) is 11.6. The second-order valence-electron chi connectivity index (χ2n) is 11.6. The molecule has 0 unspecified atom stereocenters. The molecule has 1 saturated heterocycles. The zero-order chi connectivity index (χ0) is 30.9. The zero-order valence-electron chi connectivity index (χ0n) is 24.5. The molecule has 5 N–H and O–H groups in total. The number of fused-ring (bicyclic) bond motifs is 1. The molecular formula is C30H35N7O6. The van der Waals surface area contributed by atoms with E-state index in [9.17, 15) is 24.3 Å². The average Bonchev–Trinajstić information content (AvgIpc) is 3.35. The lowest BCUT2D eigenvalue weighted by Crippen LogP contribution is -2.51. The number of nitrogens with zero attached hydrogens (tertiary/aromatic N) is 3. The van der Waals surface area contributed by atoms with Gasteiger partial charge in [0.1, 0.15) is 22.7 Å². The number of nitrogens with one attached hydrogen (secondary N) is 4. The maximum absolute atomic E-state index is 12.9. The third-order valence-electron chi connectivity index (χ3n) is 7.12. The first kappa shape index (κ1) is 29.6. The Labute approximate surface area is 247 Å². The largest absolute Gasteiger partial charge is 0.508 e. The molecule has 0 radical (unpaired) electrons. The number of carbonyl (C=O) groups is 2. The van der Waals surface area contributed by atoms with Crippen molar-refractivity contribution < 1.29 is 19.4 Å². The van der Waals surface area contributed by atoms with E-state index in [0.29, 0.717) is 48.6 Å². The lowest BCUT2D eigenvalue weighted by Gasteiger charge is -2.35. The predicted octanol–water partition coefficient (Wildman–Crippen LogP) is 3.27. The summed E-state index contributed by atoms with van der Waals surface area (Å²) in [6.07, 6.45) is -0.360. The second kappa shape index (κ2) is 11.8. The fourth-order valence-corrected chi connectivity index (χ4v) is 4.86. The molecule has 0 saturated carbocycles. The highest BCUT2D eigenvalue weighted by Gasteiger charge is 2.27. The zero-order valence-corrected chi connectivity index (χ0v) is 24.5. The Kier molecular flexibility index (Phi) is 8.09. The van der Waals surface area contributed by atoms with Gasteiger partial charge in [0.25, 0.3) is 10.9 Å². The number of benzene rings is 2.